The predicted octanol–water partition coefficient (Wildman–Crippen LogP) is 7.21. The van der Waals surface area contributed by atoms with Crippen molar-refractivity contribution in [3.05, 3.63) is 70.8 Å². The van der Waals surface area contributed by atoms with Crippen molar-refractivity contribution in [2.45, 2.75) is 116 Å². The minimum Gasteiger partial charge on any atom is -0.480 e. The first-order chi connectivity index (χ1) is 21.9. The van der Waals surface area contributed by atoms with Crippen molar-refractivity contribution in [2.75, 3.05) is 20.2 Å². The second kappa shape index (κ2) is 15.7. The van der Waals surface area contributed by atoms with E-state index in [1.54, 1.807) is 20.8 Å². The number of methoxy groups -OCH3 is 1. The van der Waals surface area contributed by atoms with E-state index < -0.39 is 47.4 Å². The number of nitrogens with zero attached hydrogens (tertiary/aromatic N) is 2. The van der Waals surface area contributed by atoms with Gasteiger partial charge in [-0.3, -0.25) is 9.80 Å². The number of aliphatic carboxylic acids is 1. The molecular weight excluding hydrogens is 600 g/mol. The van der Waals surface area contributed by atoms with Crippen LogP contribution in [0.4, 0.5) is 9.59 Å². The summed E-state index contributed by atoms with van der Waals surface area (Å²) in [6.07, 6.45) is 1.50. The van der Waals surface area contributed by atoms with Crippen LogP contribution in [0.3, 0.4) is 0 Å². The average molecular weight is 653 g/mol. The lowest BCUT2D eigenvalue weighted by Crippen LogP contribution is -2.51. The number of amides is 2. The topological polar surface area (TPSA) is 123 Å². The third kappa shape index (κ3) is 11.0. The Hall–Kier alpha value is -4.08. The van der Waals surface area contributed by atoms with Gasteiger partial charge in [0.1, 0.15) is 23.3 Å². The number of piperidine rings is 2. The van der Waals surface area contributed by atoms with Crippen LogP contribution in [0, 0.1) is 13.8 Å². The van der Waals surface area contributed by atoms with Crippen molar-refractivity contribution < 1.29 is 38.5 Å². The van der Waals surface area contributed by atoms with Gasteiger partial charge in [0.05, 0.1) is 7.11 Å². The van der Waals surface area contributed by atoms with Crippen LogP contribution in [0.15, 0.2) is 48.5 Å². The number of carboxylic acid groups (broad SMARTS) is 1. The highest BCUT2D eigenvalue weighted by atomic mass is 16.6. The summed E-state index contributed by atoms with van der Waals surface area (Å²) in [5.41, 5.74) is 3.46. The fourth-order valence-corrected chi connectivity index (χ4v) is 6.06. The van der Waals surface area contributed by atoms with Crippen LogP contribution < -0.4 is 0 Å². The summed E-state index contributed by atoms with van der Waals surface area (Å²) in [4.78, 5) is 51.4. The molecule has 2 aliphatic rings. The highest BCUT2D eigenvalue weighted by Gasteiger charge is 2.40. The monoisotopic (exact) mass is 652 g/mol. The molecule has 47 heavy (non-hydrogen) atoms. The molecule has 10 nitrogen and oxygen atoms in total. The molecule has 2 fully saturated rings. The Kier molecular flexibility index (Phi) is 12.5. The zero-order chi connectivity index (χ0) is 35.1. The minimum absolute atomic E-state index is 0.148. The molecule has 0 bridgehead atoms. The largest absolute Gasteiger partial charge is 0.480 e. The second-order valence-corrected chi connectivity index (χ2v) is 14.5. The van der Waals surface area contributed by atoms with Gasteiger partial charge in [-0.25, -0.2) is 19.2 Å². The summed E-state index contributed by atoms with van der Waals surface area (Å²) in [5.74, 6) is -0.992. The number of benzene rings is 2. The van der Waals surface area contributed by atoms with Crippen LogP contribution in [-0.2, 0) is 23.8 Å². The van der Waals surface area contributed by atoms with E-state index >= 15 is 0 Å². The highest BCUT2D eigenvalue weighted by Crippen LogP contribution is 2.34. The quantitative estimate of drug-likeness (QED) is 0.272. The smallest absolute Gasteiger partial charge is 0.411 e. The normalized spacial score (nSPS) is 21.6. The van der Waals surface area contributed by atoms with Gasteiger partial charge in [-0.1, -0.05) is 59.7 Å². The van der Waals surface area contributed by atoms with E-state index in [1.165, 1.54) is 28.0 Å². The van der Waals surface area contributed by atoms with Gasteiger partial charge in [-0.15, -0.1) is 0 Å². The number of ether oxygens (including phenoxy) is 3. The molecule has 10 heteroatoms. The highest BCUT2D eigenvalue weighted by molar-refractivity contribution is 5.82. The van der Waals surface area contributed by atoms with Gasteiger partial charge in [0.2, 0.25) is 0 Å². The van der Waals surface area contributed by atoms with Gasteiger partial charge in [0.25, 0.3) is 0 Å². The molecule has 2 amide bonds. The molecule has 258 valence electrons. The number of likely N-dealkylation sites (tertiary alicyclic amines) is 2. The minimum atomic E-state index is -0.979. The van der Waals surface area contributed by atoms with Crippen LogP contribution in [0.1, 0.15) is 101 Å². The summed E-state index contributed by atoms with van der Waals surface area (Å²) in [7, 11) is 1.35. The lowest BCUT2D eigenvalue weighted by molar-refractivity contribution is -0.148. The van der Waals surface area contributed by atoms with Gasteiger partial charge in [-0.2, -0.15) is 0 Å². The molecular formula is C37H52N2O8. The molecule has 0 aromatic heterocycles. The Balaban J connectivity index is 0.000000256. The number of carbonyl (C=O) groups excluding carboxylic acids is 3. The molecule has 4 unspecified atom stereocenters. The predicted molar refractivity (Wildman–Crippen MR) is 179 cm³/mol. The van der Waals surface area contributed by atoms with Crippen molar-refractivity contribution in [2.24, 2.45) is 0 Å². The molecule has 2 heterocycles. The van der Waals surface area contributed by atoms with Gasteiger partial charge >= 0.3 is 24.1 Å². The molecule has 2 aliphatic heterocycles. The van der Waals surface area contributed by atoms with Crippen molar-refractivity contribution >= 4 is 24.1 Å². The van der Waals surface area contributed by atoms with Gasteiger partial charge in [0.15, 0.2) is 0 Å². The summed E-state index contributed by atoms with van der Waals surface area (Å²) in [6.45, 7) is 15.7. The van der Waals surface area contributed by atoms with Crippen LogP contribution in [0.2, 0.25) is 0 Å². The Morgan fingerprint density at radius 1 is 0.702 bits per heavy atom. The first-order valence-electron chi connectivity index (χ1n) is 16.3. The van der Waals surface area contributed by atoms with Crippen molar-refractivity contribution in [3.63, 3.8) is 0 Å². The number of aryl methyl sites for hydroxylation is 2. The maximum Gasteiger partial charge on any atom is 0.411 e. The molecule has 1 N–H and O–H groups in total. The van der Waals surface area contributed by atoms with Crippen molar-refractivity contribution in [1.82, 2.24) is 9.80 Å². The zero-order valence-corrected chi connectivity index (χ0v) is 29.4. The molecule has 4 atom stereocenters. The molecule has 4 rings (SSSR count). The van der Waals surface area contributed by atoms with Gasteiger partial charge in [0, 0.05) is 13.1 Å². The lowest BCUT2D eigenvalue weighted by atomic mass is 9.85. The van der Waals surface area contributed by atoms with Crippen molar-refractivity contribution in [1.29, 1.82) is 0 Å². The van der Waals surface area contributed by atoms with E-state index in [0.717, 1.165) is 24.0 Å². The summed E-state index contributed by atoms with van der Waals surface area (Å²) >= 11 is 0. The molecule has 2 aromatic carbocycles. The summed E-state index contributed by atoms with van der Waals surface area (Å²) in [6, 6.07) is 15.0. The average Bonchev–Trinajstić information content (AvgIpc) is 2.98. The van der Waals surface area contributed by atoms with E-state index in [9.17, 15) is 24.3 Å². The first kappa shape index (κ1) is 37.4. The molecule has 0 radical (unpaired) electrons. The van der Waals surface area contributed by atoms with E-state index in [0.29, 0.717) is 25.9 Å². The fraction of sp³-hybridized carbons (Fsp3) is 0.568. The lowest BCUT2D eigenvalue weighted by Gasteiger charge is -2.38. The van der Waals surface area contributed by atoms with E-state index in [2.05, 4.69) is 31.2 Å². The van der Waals surface area contributed by atoms with Gasteiger partial charge in [-0.05, 0) is 104 Å². The first-order valence-corrected chi connectivity index (χ1v) is 16.3. The molecule has 2 aromatic rings. The molecule has 2 saturated heterocycles. The van der Waals surface area contributed by atoms with Crippen LogP contribution in [0.5, 0.6) is 0 Å². The fourth-order valence-electron chi connectivity index (χ4n) is 6.06. The van der Waals surface area contributed by atoms with Crippen LogP contribution >= 0.6 is 0 Å². The maximum absolute atomic E-state index is 12.4. The van der Waals surface area contributed by atoms with Crippen LogP contribution in [-0.4, -0.2) is 82.5 Å². The third-order valence-electron chi connectivity index (χ3n) is 8.25. The molecule has 0 aliphatic carbocycles. The summed E-state index contributed by atoms with van der Waals surface area (Å²) < 4.78 is 15.7. The molecule has 0 saturated carbocycles. The third-order valence-corrected chi connectivity index (χ3v) is 8.25. The number of carbonyl (C=O) groups is 4. The van der Waals surface area contributed by atoms with Crippen LogP contribution in [0.25, 0.3) is 0 Å². The van der Waals surface area contributed by atoms with E-state index in [-0.39, 0.29) is 11.8 Å². The standard InChI is InChI=1S/C19H27NO4.C18H25NO4/c1-13-7-6-8-14(11-13)15-9-10-20(16(12-15)17(21)23-5)18(22)24-19(2,3)4;1-12-6-5-7-13(10-12)14-8-9-19(15(11-14)16(20)21)17(22)23-18(2,3)4/h6-8,11,15-16H,9-10,12H2,1-5H3;5-7,10,14-15H,8-9,11H2,1-4H3,(H,20,21). The Labute approximate surface area is 279 Å². The molecule has 0 spiro atoms. The van der Waals surface area contributed by atoms with Crippen molar-refractivity contribution in [3.8, 4) is 0 Å². The zero-order valence-electron chi connectivity index (χ0n) is 29.4. The Morgan fingerprint density at radius 3 is 1.47 bits per heavy atom. The second-order valence-electron chi connectivity index (χ2n) is 14.5. The van der Waals surface area contributed by atoms with Gasteiger partial charge < -0.3 is 19.3 Å². The number of hydrogen-bond donors (Lipinski definition) is 1. The number of hydrogen-bond acceptors (Lipinski definition) is 7. The number of carboxylic acids is 1. The maximum atomic E-state index is 12.4. The summed E-state index contributed by atoms with van der Waals surface area (Å²) in [5, 5.41) is 9.53. The van der Waals surface area contributed by atoms with E-state index in [1.807, 2.05) is 52.0 Å². The SMILES string of the molecule is COC(=O)C1CC(c2cccc(C)c2)CCN1C(=O)OC(C)(C)C.Cc1cccc(C2CCN(C(=O)OC(C)(C)C)C(C(=O)O)C2)c1. The Morgan fingerprint density at radius 2 is 1.11 bits per heavy atom. The Bertz CT molecular complexity index is 1410. The number of rotatable bonds is 4. The van der Waals surface area contributed by atoms with E-state index in [4.69, 9.17) is 14.2 Å². The number of esters is 1.